The average molecular weight is 371 g/mol. The number of rotatable bonds is 7. The van der Waals surface area contributed by atoms with E-state index in [4.69, 9.17) is 0 Å². The quantitative estimate of drug-likeness (QED) is 0.423. The van der Waals surface area contributed by atoms with Crippen LogP contribution in [0.5, 0.6) is 0 Å². The molecule has 27 heavy (non-hydrogen) atoms. The van der Waals surface area contributed by atoms with Crippen molar-refractivity contribution in [3.8, 4) is 0 Å². The standard InChI is InChI=1S/C26H39F/c1-3-4-5-6-21-8-10-22(11-9-21)12-13-23-14-17-24(18-15-23)25-16-7-20(2)26(27)19-25/h3-4,7,16,19,21-24H,5-6,8-15,17-18H2,1-2H3/b4-3+. The van der Waals surface area contributed by atoms with Crippen LogP contribution in [0.2, 0.25) is 0 Å². The van der Waals surface area contributed by atoms with Gasteiger partial charge in [-0.3, -0.25) is 0 Å². The van der Waals surface area contributed by atoms with Crippen LogP contribution in [-0.2, 0) is 0 Å². The van der Waals surface area contributed by atoms with Crippen LogP contribution in [0.15, 0.2) is 30.4 Å². The Labute approximate surface area is 166 Å². The molecule has 2 aliphatic rings. The molecule has 0 bridgehead atoms. The van der Waals surface area contributed by atoms with Crippen molar-refractivity contribution in [2.75, 3.05) is 0 Å². The Morgan fingerprint density at radius 2 is 1.41 bits per heavy atom. The second-order valence-electron chi connectivity index (χ2n) is 9.34. The first-order valence-electron chi connectivity index (χ1n) is 11.5. The molecule has 1 aromatic carbocycles. The summed E-state index contributed by atoms with van der Waals surface area (Å²) < 4.78 is 13.8. The van der Waals surface area contributed by atoms with E-state index < -0.39 is 0 Å². The molecule has 0 saturated heterocycles. The zero-order valence-corrected chi connectivity index (χ0v) is 17.6. The zero-order chi connectivity index (χ0) is 19.1. The smallest absolute Gasteiger partial charge is 0.126 e. The van der Waals surface area contributed by atoms with E-state index in [2.05, 4.69) is 25.1 Å². The third-order valence-electron chi connectivity index (χ3n) is 7.44. The van der Waals surface area contributed by atoms with E-state index in [0.717, 1.165) is 23.3 Å². The Morgan fingerprint density at radius 1 is 0.852 bits per heavy atom. The van der Waals surface area contributed by atoms with Crippen molar-refractivity contribution in [2.45, 2.75) is 96.8 Å². The Kier molecular flexibility index (Phi) is 7.97. The van der Waals surface area contributed by atoms with Gasteiger partial charge in [-0.1, -0.05) is 62.8 Å². The summed E-state index contributed by atoms with van der Waals surface area (Å²) in [6, 6.07) is 5.89. The first-order valence-corrected chi connectivity index (χ1v) is 11.5. The molecule has 0 heterocycles. The second kappa shape index (κ2) is 10.4. The Bertz CT molecular complexity index is 586. The Balaban J connectivity index is 1.34. The van der Waals surface area contributed by atoms with Crippen molar-refractivity contribution in [3.05, 3.63) is 47.3 Å². The number of hydrogen-bond acceptors (Lipinski definition) is 0. The molecule has 0 aromatic heterocycles. The zero-order valence-electron chi connectivity index (χ0n) is 17.6. The fraction of sp³-hybridized carbons (Fsp3) is 0.692. The van der Waals surface area contributed by atoms with Crippen LogP contribution in [0.25, 0.3) is 0 Å². The molecule has 3 rings (SSSR count). The molecule has 0 nitrogen and oxygen atoms in total. The van der Waals surface area contributed by atoms with Gasteiger partial charge < -0.3 is 0 Å². The highest BCUT2D eigenvalue weighted by Gasteiger charge is 2.25. The highest BCUT2D eigenvalue weighted by atomic mass is 19.1. The molecular weight excluding hydrogens is 331 g/mol. The van der Waals surface area contributed by atoms with Crippen molar-refractivity contribution in [3.63, 3.8) is 0 Å². The lowest BCUT2D eigenvalue weighted by Crippen LogP contribution is -2.17. The molecule has 0 amide bonds. The maximum atomic E-state index is 13.8. The van der Waals surface area contributed by atoms with Crippen LogP contribution in [0, 0.1) is 30.5 Å². The number of aryl methyl sites for hydroxylation is 1. The van der Waals surface area contributed by atoms with Crippen LogP contribution < -0.4 is 0 Å². The largest absolute Gasteiger partial charge is 0.207 e. The monoisotopic (exact) mass is 370 g/mol. The van der Waals surface area contributed by atoms with E-state index in [9.17, 15) is 4.39 Å². The van der Waals surface area contributed by atoms with Crippen LogP contribution in [0.1, 0.15) is 101 Å². The number of allylic oxidation sites excluding steroid dienone is 2. The normalized spacial score (nSPS) is 29.3. The van der Waals surface area contributed by atoms with Crippen molar-refractivity contribution in [1.29, 1.82) is 0 Å². The fourth-order valence-corrected chi connectivity index (χ4v) is 5.43. The maximum absolute atomic E-state index is 13.8. The van der Waals surface area contributed by atoms with E-state index >= 15 is 0 Å². The van der Waals surface area contributed by atoms with E-state index in [1.54, 1.807) is 6.07 Å². The molecule has 2 aliphatic carbocycles. The summed E-state index contributed by atoms with van der Waals surface area (Å²) in [5.41, 5.74) is 2.00. The summed E-state index contributed by atoms with van der Waals surface area (Å²) in [5, 5.41) is 0. The molecule has 150 valence electrons. The lowest BCUT2D eigenvalue weighted by Gasteiger charge is -2.32. The van der Waals surface area contributed by atoms with Gasteiger partial charge in [0, 0.05) is 0 Å². The predicted molar refractivity (Wildman–Crippen MR) is 115 cm³/mol. The number of halogens is 1. The SMILES string of the molecule is C/C=C/CCC1CCC(CCC2CCC(c3ccc(C)c(F)c3)CC2)CC1. The molecule has 0 spiro atoms. The van der Waals surface area contributed by atoms with Crippen LogP contribution >= 0.6 is 0 Å². The molecular formula is C26H39F. The van der Waals surface area contributed by atoms with Crippen molar-refractivity contribution < 1.29 is 4.39 Å². The second-order valence-corrected chi connectivity index (χ2v) is 9.34. The lowest BCUT2D eigenvalue weighted by atomic mass is 9.74. The van der Waals surface area contributed by atoms with Crippen molar-refractivity contribution >= 4 is 0 Å². The highest BCUT2D eigenvalue weighted by Crippen LogP contribution is 2.40. The van der Waals surface area contributed by atoms with Gasteiger partial charge in [0.15, 0.2) is 0 Å². The molecule has 0 radical (unpaired) electrons. The minimum atomic E-state index is -0.0315. The first kappa shape index (κ1) is 20.6. The fourth-order valence-electron chi connectivity index (χ4n) is 5.43. The third-order valence-corrected chi connectivity index (χ3v) is 7.44. The summed E-state index contributed by atoms with van der Waals surface area (Å²) >= 11 is 0. The van der Waals surface area contributed by atoms with Gasteiger partial charge in [-0.15, -0.1) is 0 Å². The summed E-state index contributed by atoms with van der Waals surface area (Å²) in [5.74, 6) is 3.46. The van der Waals surface area contributed by atoms with E-state index in [1.165, 1.54) is 82.6 Å². The summed E-state index contributed by atoms with van der Waals surface area (Å²) in [6.07, 6.45) is 21.2. The van der Waals surface area contributed by atoms with Crippen molar-refractivity contribution in [1.82, 2.24) is 0 Å². The maximum Gasteiger partial charge on any atom is 0.126 e. The van der Waals surface area contributed by atoms with E-state index in [-0.39, 0.29) is 5.82 Å². The predicted octanol–water partition coefficient (Wildman–Crippen LogP) is 8.35. The Morgan fingerprint density at radius 3 is 1.96 bits per heavy atom. The summed E-state index contributed by atoms with van der Waals surface area (Å²) in [7, 11) is 0. The van der Waals surface area contributed by atoms with E-state index in [0.29, 0.717) is 5.92 Å². The summed E-state index contributed by atoms with van der Waals surface area (Å²) in [4.78, 5) is 0. The minimum Gasteiger partial charge on any atom is -0.207 e. The Hall–Kier alpha value is -1.11. The molecule has 2 fully saturated rings. The topological polar surface area (TPSA) is 0 Å². The van der Waals surface area contributed by atoms with Crippen LogP contribution in [0.4, 0.5) is 4.39 Å². The molecule has 1 aromatic rings. The van der Waals surface area contributed by atoms with Gasteiger partial charge in [0.05, 0.1) is 0 Å². The minimum absolute atomic E-state index is 0.0315. The lowest BCUT2D eigenvalue weighted by molar-refractivity contribution is 0.225. The molecule has 0 N–H and O–H groups in total. The van der Waals surface area contributed by atoms with Gasteiger partial charge in [-0.2, -0.15) is 0 Å². The number of benzene rings is 1. The van der Waals surface area contributed by atoms with Gasteiger partial charge >= 0.3 is 0 Å². The molecule has 0 unspecified atom stereocenters. The van der Waals surface area contributed by atoms with Crippen LogP contribution in [0.3, 0.4) is 0 Å². The molecule has 0 atom stereocenters. The summed E-state index contributed by atoms with van der Waals surface area (Å²) in [6.45, 7) is 3.98. The molecule has 0 aliphatic heterocycles. The van der Waals surface area contributed by atoms with E-state index in [1.807, 2.05) is 13.0 Å². The van der Waals surface area contributed by atoms with Gasteiger partial charge in [0.2, 0.25) is 0 Å². The van der Waals surface area contributed by atoms with Gasteiger partial charge in [-0.05, 0) is 93.2 Å². The highest BCUT2D eigenvalue weighted by molar-refractivity contribution is 5.26. The van der Waals surface area contributed by atoms with Gasteiger partial charge in [-0.25, -0.2) is 4.39 Å². The van der Waals surface area contributed by atoms with Gasteiger partial charge in [0.25, 0.3) is 0 Å². The average Bonchev–Trinajstić information content (AvgIpc) is 2.70. The molecule has 2 saturated carbocycles. The van der Waals surface area contributed by atoms with Crippen molar-refractivity contribution in [2.24, 2.45) is 17.8 Å². The van der Waals surface area contributed by atoms with Gasteiger partial charge in [0.1, 0.15) is 5.82 Å². The number of hydrogen-bond donors (Lipinski definition) is 0. The van der Waals surface area contributed by atoms with Crippen LogP contribution in [-0.4, -0.2) is 0 Å². The molecule has 1 heteroatoms. The first-order chi connectivity index (χ1) is 13.2. The third kappa shape index (κ3) is 6.19.